The molecule has 0 aliphatic carbocycles. The lowest BCUT2D eigenvalue weighted by Gasteiger charge is -2.16. The lowest BCUT2D eigenvalue weighted by atomic mass is 10.2. The van der Waals surface area contributed by atoms with E-state index < -0.39 is 18.0 Å². The molecule has 0 aliphatic heterocycles. The summed E-state index contributed by atoms with van der Waals surface area (Å²) in [5.41, 5.74) is 0.590. The molecule has 1 rings (SSSR count). The number of carbonyl (C=O) groups excluding carboxylic acids is 2. The number of amides is 3. The monoisotopic (exact) mass is 283 g/mol. The van der Waals surface area contributed by atoms with Crippen LogP contribution in [-0.2, 0) is 11.3 Å². The van der Waals surface area contributed by atoms with Crippen LogP contribution >= 0.6 is 0 Å². The fourth-order valence-electron chi connectivity index (χ4n) is 1.51. The third kappa shape index (κ3) is 4.51. The maximum Gasteiger partial charge on any atom is 0.321 e. The fraction of sp³-hybridized carbons (Fsp3) is 0.385. The van der Waals surface area contributed by atoms with E-state index in [0.717, 1.165) is 0 Å². The predicted octanol–water partition coefficient (Wildman–Crippen LogP) is 0.768. The topological polar surface area (TPSA) is 79.5 Å². The average Bonchev–Trinajstić information content (AvgIpc) is 2.41. The molecule has 7 heteroatoms. The molecule has 6 nitrogen and oxygen atoms in total. The minimum Gasteiger partial charge on any atom is -0.481 e. The van der Waals surface area contributed by atoms with Crippen molar-refractivity contribution >= 4 is 11.9 Å². The lowest BCUT2D eigenvalue weighted by Crippen LogP contribution is -2.44. The Morgan fingerprint density at radius 2 is 2.05 bits per heavy atom. The Kier molecular flexibility index (Phi) is 5.92. The largest absolute Gasteiger partial charge is 0.481 e. The molecule has 1 atom stereocenters. The third-order valence-electron chi connectivity index (χ3n) is 2.53. The zero-order chi connectivity index (χ0) is 15.1. The Morgan fingerprint density at radius 3 is 2.65 bits per heavy atom. The van der Waals surface area contributed by atoms with E-state index in [9.17, 15) is 14.0 Å². The van der Waals surface area contributed by atoms with Crippen LogP contribution in [0.5, 0.6) is 5.75 Å². The van der Waals surface area contributed by atoms with E-state index in [1.807, 2.05) is 0 Å². The summed E-state index contributed by atoms with van der Waals surface area (Å²) < 4.78 is 18.6. The van der Waals surface area contributed by atoms with Gasteiger partial charge in [0.2, 0.25) is 0 Å². The van der Waals surface area contributed by atoms with Crippen molar-refractivity contribution in [2.75, 3.05) is 14.1 Å². The van der Waals surface area contributed by atoms with Gasteiger partial charge in [0.15, 0.2) is 6.10 Å². The minimum absolute atomic E-state index is 0.384. The van der Waals surface area contributed by atoms with Crippen LogP contribution in [0.2, 0.25) is 0 Å². The molecule has 0 fully saturated rings. The van der Waals surface area contributed by atoms with Gasteiger partial charge in [-0.1, -0.05) is 0 Å². The summed E-state index contributed by atoms with van der Waals surface area (Å²) >= 11 is 0. The summed E-state index contributed by atoms with van der Waals surface area (Å²) in [4.78, 5) is 22.7. The van der Waals surface area contributed by atoms with Crippen LogP contribution in [0.3, 0.4) is 0 Å². The van der Waals surface area contributed by atoms with Crippen LogP contribution in [0.15, 0.2) is 18.2 Å². The Balaban J connectivity index is 2.76. The van der Waals surface area contributed by atoms with Crippen molar-refractivity contribution in [3.05, 3.63) is 29.6 Å². The van der Waals surface area contributed by atoms with E-state index in [2.05, 4.69) is 16.0 Å². The van der Waals surface area contributed by atoms with E-state index in [1.165, 1.54) is 32.2 Å². The summed E-state index contributed by atoms with van der Waals surface area (Å²) in [7, 11) is 3.12. The first-order chi connectivity index (χ1) is 9.47. The van der Waals surface area contributed by atoms with Crippen LogP contribution in [0.1, 0.15) is 12.5 Å². The molecule has 0 saturated heterocycles. The molecule has 0 heterocycles. The Hall–Kier alpha value is -2.15. The molecule has 0 radical (unpaired) electrons. The van der Waals surface area contributed by atoms with Gasteiger partial charge in [-0.25, -0.2) is 9.18 Å². The van der Waals surface area contributed by atoms with Gasteiger partial charge in [0, 0.05) is 19.2 Å². The first kappa shape index (κ1) is 15.9. The Labute approximate surface area is 116 Å². The standard InChI is InChI=1S/C13H18FN3O3/c1-8(12(18)17-13(19)16-3)20-11-5-4-10(14)6-9(11)7-15-2/h4-6,8,15H,7H2,1-3H3,(H2,16,17,18,19). The summed E-state index contributed by atoms with van der Waals surface area (Å²) in [6.07, 6.45) is -0.881. The maximum absolute atomic E-state index is 13.2. The summed E-state index contributed by atoms with van der Waals surface area (Å²) in [6.45, 7) is 1.90. The van der Waals surface area contributed by atoms with Gasteiger partial charge in [0.1, 0.15) is 11.6 Å². The van der Waals surface area contributed by atoms with Crippen LogP contribution in [-0.4, -0.2) is 32.1 Å². The summed E-state index contributed by atoms with van der Waals surface area (Å²) in [6, 6.07) is 3.42. The highest BCUT2D eigenvalue weighted by Gasteiger charge is 2.18. The van der Waals surface area contributed by atoms with Crippen molar-refractivity contribution in [2.24, 2.45) is 0 Å². The lowest BCUT2D eigenvalue weighted by molar-refractivity contribution is -0.126. The second-order valence-corrected chi connectivity index (χ2v) is 4.11. The number of urea groups is 1. The first-order valence-corrected chi connectivity index (χ1v) is 6.10. The number of hydrogen-bond acceptors (Lipinski definition) is 4. The van der Waals surface area contributed by atoms with Gasteiger partial charge in [-0.3, -0.25) is 10.1 Å². The molecule has 1 unspecified atom stereocenters. The number of ether oxygens (including phenoxy) is 1. The predicted molar refractivity (Wildman–Crippen MR) is 71.9 cm³/mol. The number of carbonyl (C=O) groups is 2. The number of hydrogen-bond donors (Lipinski definition) is 3. The van der Waals surface area contributed by atoms with E-state index in [4.69, 9.17) is 4.74 Å². The fourth-order valence-corrected chi connectivity index (χ4v) is 1.51. The number of halogens is 1. The van der Waals surface area contributed by atoms with Gasteiger partial charge in [-0.05, 0) is 32.2 Å². The zero-order valence-electron chi connectivity index (χ0n) is 11.6. The first-order valence-electron chi connectivity index (χ1n) is 6.10. The summed E-state index contributed by atoms with van der Waals surface area (Å²) in [5.74, 6) is -0.575. The molecular weight excluding hydrogens is 265 g/mol. The number of nitrogens with one attached hydrogen (secondary N) is 3. The van der Waals surface area contributed by atoms with Crippen molar-refractivity contribution < 1.29 is 18.7 Å². The molecule has 0 aromatic heterocycles. The highest BCUT2D eigenvalue weighted by atomic mass is 19.1. The molecule has 0 saturated carbocycles. The quantitative estimate of drug-likeness (QED) is 0.745. The summed E-state index contributed by atoms with van der Waals surface area (Å²) in [5, 5.41) is 7.26. The van der Waals surface area contributed by atoms with Gasteiger partial charge in [0.25, 0.3) is 5.91 Å². The second-order valence-electron chi connectivity index (χ2n) is 4.11. The van der Waals surface area contributed by atoms with E-state index in [0.29, 0.717) is 17.9 Å². The molecule has 1 aromatic rings. The Bertz CT molecular complexity index is 494. The van der Waals surface area contributed by atoms with Crippen LogP contribution in [0.4, 0.5) is 9.18 Å². The van der Waals surface area contributed by atoms with Crippen molar-refractivity contribution in [1.29, 1.82) is 0 Å². The molecule has 0 bridgehead atoms. The smallest absolute Gasteiger partial charge is 0.321 e. The number of benzene rings is 1. The van der Waals surface area contributed by atoms with E-state index >= 15 is 0 Å². The molecule has 20 heavy (non-hydrogen) atoms. The van der Waals surface area contributed by atoms with Crippen LogP contribution in [0.25, 0.3) is 0 Å². The molecule has 0 spiro atoms. The minimum atomic E-state index is -0.881. The van der Waals surface area contributed by atoms with Crippen LogP contribution in [0, 0.1) is 5.82 Å². The molecule has 0 aliphatic rings. The highest BCUT2D eigenvalue weighted by molar-refractivity contribution is 5.96. The van der Waals surface area contributed by atoms with Gasteiger partial charge >= 0.3 is 6.03 Å². The van der Waals surface area contributed by atoms with Gasteiger partial charge in [-0.15, -0.1) is 0 Å². The van der Waals surface area contributed by atoms with E-state index in [-0.39, 0.29) is 5.82 Å². The van der Waals surface area contributed by atoms with Crippen molar-refractivity contribution in [3.63, 3.8) is 0 Å². The van der Waals surface area contributed by atoms with E-state index in [1.54, 1.807) is 7.05 Å². The highest BCUT2D eigenvalue weighted by Crippen LogP contribution is 2.21. The molecule has 3 N–H and O–H groups in total. The van der Waals surface area contributed by atoms with Crippen LogP contribution < -0.4 is 20.7 Å². The van der Waals surface area contributed by atoms with Crippen molar-refractivity contribution in [1.82, 2.24) is 16.0 Å². The van der Waals surface area contributed by atoms with Crippen molar-refractivity contribution in [2.45, 2.75) is 19.6 Å². The van der Waals surface area contributed by atoms with Gasteiger partial charge < -0.3 is 15.4 Å². The number of imide groups is 1. The van der Waals surface area contributed by atoms with Gasteiger partial charge in [-0.2, -0.15) is 0 Å². The van der Waals surface area contributed by atoms with Gasteiger partial charge in [0.05, 0.1) is 0 Å². The second kappa shape index (κ2) is 7.44. The number of rotatable bonds is 5. The zero-order valence-corrected chi connectivity index (χ0v) is 11.6. The molecule has 3 amide bonds. The third-order valence-corrected chi connectivity index (χ3v) is 2.53. The normalized spacial score (nSPS) is 11.6. The van der Waals surface area contributed by atoms with Crippen molar-refractivity contribution in [3.8, 4) is 5.75 Å². The molecule has 1 aromatic carbocycles. The Morgan fingerprint density at radius 1 is 1.35 bits per heavy atom. The maximum atomic E-state index is 13.2. The average molecular weight is 283 g/mol. The molecule has 110 valence electrons. The SMILES string of the molecule is CNCc1cc(F)ccc1OC(C)C(=O)NC(=O)NC. The molecular formula is C13H18FN3O3.